The SMILES string of the molecule is O=C(c1cccc(COc2ccccc2Cl)c1)N1CCCCC1. The predicted molar refractivity (Wildman–Crippen MR) is 92.0 cm³/mol. The van der Waals surface area contributed by atoms with Crippen LogP contribution in [0.2, 0.25) is 5.02 Å². The molecule has 0 saturated carbocycles. The van der Waals surface area contributed by atoms with Crippen LogP contribution in [0.1, 0.15) is 35.2 Å². The number of halogens is 1. The Morgan fingerprint density at radius 3 is 2.61 bits per heavy atom. The first-order valence-corrected chi connectivity index (χ1v) is 8.37. The second-order valence-electron chi connectivity index (χ2n) is 5.77. The first kappa shape index (κ1) is 15.9. The first-order chi connectivity index (χ1) is 11.2. The Bertz CT molecular complexity index is 681. The molecule has 3 nitrogen and oxygen atoms in total. The standard InChI is InChI=1S/C19H20ClNO2/c20-17-9-2-3-10-18(17)23-14-15-7-6-8-16(13-15)19(22)21-11-4-1-5-12-21/h2-3,6-10,13H,1,4-5,11-12,14H2. The van der Waals surface area contributed by atoms with E-state index in [0.717, 1.165) is 37.1 Å². The molecule has 0 spiro atoms. The second-order valence-corrected chi connectivity index (χ2v) is 6.18. The smallest absolute Gasteiger partial charge is 0.253 e. The maximum Gasteiger partial charge on any atom is 0.253 e. The number of likely N-dealkylation sites (tertiary alicyclic amines) is 1. The molecule has 0 bridgehead atoms. The lowest BCUT2D eigenvalue weighted by Gasteiger charge is -2.26. The predicted octanol–water partition coefficient (Wildman–Crippen LogP) is 4.55. The lowest BCUT2D eigenvalue weighted by atomic mass is 10.1. The van der Waals surface area contributed by atoms with E-state index in [1.54, 1.807) is 6.07 Å². The molecule has 0 aromatic heterocycles. The Labute approximate surface area is 141 Å². The van der Waals surface area contributed by atoms with Crippen LogP contribution in [0.3, 0.4) is 0 Å². The highest BCUT2D eigenvalue weighted by Gasteiger charge is 2.18. The molecular weight excluding hydrogens is 310 g/mol. The largest absolute Gasteiger partial charge is 0.487 e. The zero-order valence-corrected chi connectivity index (χ0v) is 13.8. The van der Waals surface area contributed by atoms with E-state index >= 15 is 0 Å². The van der Waals surface area contributed by atoms with Crippen molar-refractivity contribution in [3.8, 4) is 5.75 Å². The van der Waals surface area contributed by atoms with Crippen molar-refractivity contribution < 1.29 is 9.53 Å². The quantitative estimate of drug-likeness (QED) is 0.823. The van der Waals surface area contributed by atoms with Gasteiger partial charge in [-0.3, -0.25) is 4.79 Å². The number of benzene rings is 2. The van der Waals surface area contributed by atoms with E-state index < -0.39 is 0 Å². The average Bonchev–Trinajstić information content (AvgIpc) is 2.61. The summed E-state index contributed by atoms with van der Waals surface area (Å²) in [4.78, 5) is 14.5. The van der Waals surface area contributed by atoms with Gasteiger partial charge in [-0.1, -0.05) is 35.9 Å². The van der Waals surface area contributed by atoms with Crippen LogP contribution >= 0.6 is 11.6 Å². The third kappa shape index (κ3) is 4.05. The number of rotatable bonds is 4. The van der Waals surface area contributed by atoms with Crippen LogP contribution in [0, 0.1) is 0 Å². The molecule has 1 aliphatic rings. The van der Waals surface area contributed by atoms with Gasteiger partial charge in [-0.15, -0.1) is 0 Å². The number of ether oxygens (including phenoxy) is 1. The Morgan fingerprint density at radius 2 is 1.83 bits per heavy atom. The molecule has 4 heteroatoms. The number of carbonyl (C=O) groups is 1. The summed E-state index contributed by atoms with van der Waals surface area (Å²) in [7, 11) is 0. The fourth-order valence-electron chi connectivity index (χ4n) is 2.80. The van der Waals surface area contributed by atoms with Crippen LogP contribution in [-0.2, 0) is 6.61 Å². The zero-order valence-electron chi connectivity index (χ0n) is 13.0. The molecule has 0 N–H and O–H groups in total. The molecule has 1 fully saturated rings. The van der Waals surface area contributed by atoms with Gasteiger partial charge in [0.25, 0.3) is 5.91 Å². The molecule has 0 radical (unpaired) electrons. The van der Waals surface area contributed by atoms with Crippen molar-refractivity contribution in [1.29, 1.82) is 0 Å². The van der Waals surface area contributed by atoms with Crippen LogP contribution in [0.25, 0.3) is 0 Å². The number of carbonyl (C=O) groups excluding carboxylic acids is 1. The number of amides is 1. The first-order valence-electron chi connectivity index (χ1n) is 7.99. The molecule has 1 aliphatic heterocycles. The van der Waals surface area contributed by atoms with E-state index in [9.17, 15) is 4.79 Å². The van der Waals surface area contributed by atoms with Crippen molar-refractivity contribution >= 4 is 17.5 Å². The Kier molecular flexibility index (Phi) is 5.19. The van der Waals surface area contributed by atoms with Gasteiger partial charge in [0, 0.05) is 18.7 Å². The van der Waals surface area contributed by atoms with E-state index in [0.29, 0.717) is 17.4 Å². The molecule has 1 heterocycles. The van der Waals surface area contributed by atoms with E-state index in [1.165, 1.54) is 6.42 Å². The summed E-state index contributed by atoms with van der Waals surface area (Å²) in [5, 5.41) is 0.591. The minimum absolute atomic E-state index is 0.115. The lowest BCUT2D eigenvalue weighted by Crippen LogP contribution is -2.35. The fraction of sp³-hybridized carbons (Fsp3) is 0.316. The summed E-state index contributed by atoms with van der Waals surface area (Å²) >= 11 is 6.09. The highest BCUT2D eigenvalue weighted by Crippen LogP contribution is 2.24. The van der Waals surface area contributed by atoms with Crippen molar-refractivity contribution in [1.82, 2.24) is 4.90 Å². The van der Waals surface area contributed by atoms with Crippen LogP contribution in [-0.4, -0.2) is 23.9 Å². The minimum Gasteiger partial charge on any atom is -0.487 e. The number of para-hydroxylation sites is 1. The van der Waals surface area contributed by atoms with Crippen LogP contribution in [0.5, 0.6) is 5.75 Å². The van der Waals surface area contributed by atoms with Gasteiger partial charge in [0.15, 0.2) is 0 Å². The Morgan fingerprint density at radius 1 is 1.04 bits per heavy atom. The molecule has 120 valence electrons. The van der Waals surface area contributed by atoms with Gasteiger partial charge < -0.3 is 9.64 Å². The van der Waals surface area contributed by atoms with E-state index in [2.05, 4.69) is 0 Å². The number of piperidine rings is 1. The maximum atomic E-state index is 12.5. The molecule has 1 amide bonds. The average molecular weight is 330 g/mol. The summed E-state index contributed by atoms with van der Waals surface area (Å²) in [6, 6.07) is 15.0. The fourth-order valence-corrected chi connectivity index (χ4v) is 2.99. The molecule has 2 aromatic carbocycles. The maximum absolute atomic E-state index is 12.5. The molecule has 23 heavy (non-hydrogen) atoms. The summed E-state index contributed by atoms with van der Waals surface area (Å²) in [5.41, 5.74) is 1.69. The van der Waals surface area contributed by atoms with Crippen molar-refractivity contribution in [2.24, 2.45) is 0 Å². The van der Waals surface area contributed by atoms with Gasteiger partial charge in [-0.2, -0.15) is 0 Å². The third-order valence-electron chi connectivity index (χ3n) is 4.05. The molecule has 0 unspecified atom stereocenters. The van der Waals surface area contributed by atoms with Crippen LogP contribution in [0.4, 0.5) is 0 Å². The molecule has 2 aromatic rings. The van der Waals surface area contributed by atoms with Gasteiger partial charge in [0.2, 0.25) is 0 Å². The second kappa shape index (κ2) is 7.51. The Hall–Kier alpha value is -2.00. The molecule has 1 saturated heterocycles. The highest BCUT2D eigenvalue weighted by atomic mass is 35.5. The van der Waals surface area contributed by atoms with Crippen LogP contribution < -0.4 is 4.74 Å². The van der Waals surface area contributed by atoms with Gasteiger partial charge >= 0.3 is 0 Å². The van der Waals surface area contributed by atoms with Gasteiger partial charge in [0.05, 0.1) is 5.02 Å². The summed E-state index contributed by atoms with van der Waals surface area (Å²) < 4.78 is 5.75. The minimum atomic E-state index is 0.115. The lowest BCUT2D eigenvalue weighted by molar-refractivity contribution is 0.0724. The molecule has 3 rings (SSSR count). The zero-order chi connectivity index (χ0) is 16.1. The van der Waals surface area contributed by atoms with Gasteiger partial charge in [-0.05, 0) is 49.1 Å². The highest BCUT2D eigenvalue weighted by molar-refractivity contribution is 6.32. The summed E-state index contributed by atoms with van der Waals surface area (Å²) in [5.74, 6) is 0.770. The van der Waals surface area contributed by atoms with Crippen molar-refractivity contribution in [3.05, 3.63) is 64.7 Å². The molecule has 0 aliphatic carbocycles. The number of nitrogens with zero attached hydrogens (tertiary/aromatic N) is 1. The third-order valence-corrected chi connectivity index (χ3v) is 4.36. The monoisotopic (exact) mass is 329 g/mol. The normalized spacial score (nSPS) is 14.6. The van der Waals surface area contributed by atoms with E-state index in [4.69, 9.17) is 16.3 Å². The number of hydrogen-bond acceptors (Lipinski definition) is 2. The van der Waals surface area contributed by atoms with Crippen molar-refractivity contribution in [3.63, 3.8) is 0 Å². The van der Waals surface area contributed by atoms with Gasteiger partial charge in [-0.25, -0.2) is 0 Å². The van der Waals surface area contributed by atoms with E-state index in [1.807, 2.05) is 47.4 Å². The van der Waals surface area contributed by atoms with Crippen LogP contribution in [0.15, 0.2) is 48.5 Å². The van der Waals surface area contributed by atoms with Crippen molar-refractivity contribution in [2.75, 3.05) is 13.1 Å². The van der Waals surface area contributed by atoms with Crippen molar-refractivity contribution in [2.45, 2.75) is 25.9 Å². The summed E-state index contributed by atoms with van der Waals surface area (Å²) in [6.07, 6.45) is 3.41. The Balaban J connectivity index is 1.67. The van der Waals surface area contributed by atoms with E-state index in [-0.39, 0.29) is 5.91 Å². The molecular formula is C19H20ClNO2. The topological polar surface area (TPSA) is 29.5 Å². The number of hydrogen-bond donors (Lipinski definition) is 0. The summed E-state index contributed by atoms with van der Waals surface area (Å²) in [6.45, 7) is 2.11. The molecule has 0 atom stereocenters. The van der Waals surface area contributed by atoms with Gasteiger partial charge in [0.1, 0.15) is 12.4 Å².